The van der Waals surface area contributed by atoms with E-state index in [4.69, 9.17) is 9.60 Å². The summed E-state index contributed by atoms with van der Waals surface area (Å²) in [4.78, 5) is 0. The Morgan fingerprint density at radius 3 is 2.58 bits per heavy atom. The SMILES string of the molecule is [2H]C([2H])([2H])c1c(C([2H])(C)C([2H])([2H])[2H])cc(C)c(-c2ccccc2C)[n+]1C. The Morgan fingerprint density at radius 2 is 1.95 bits per heavy atom. The fraction of sp³-hybridized carbons (Fsp3) is 0.389. The van der Waals surface area contributed by atoms with Crippen LogP contribution in [0, 0.1) is 20.7 Å². The first-order valence-corrected chi connectivity index (χ1v) is 6.30. The van der Waals surface area contributed by atoms with Crippen LogP contribution in [0.4, 0.5) is 0 Å². The van der Waals surface area contributed by atoms with Crippen molar-refractivity contribution in [1.82, 2.24) is 0 Å². The van der Waals surface area contributed by atoms with Crippen LogP contribution in [-0.4, -0.2) is 0 Å². The van der Waals surface area contributed by atoms with Crippen LogP contribution in [0.1, 0.15) is 51.6 Å². The van der Waals surface area contributed by atoms with Crippen LogP contribution in [0.3, 0.4) is 0 Å². The topological polar surface area (TPSA) is 3.88 Å². The largest absolute Gasteiger partial charge is 0.215 e. The molecular formula is C18H24N+. The lowest BCUT2D eigenvalue weighted by molar-refractivity contribution is -0.667. The van der Waals surface area contributed by atoms with E-state index in [1.54, 1.807) is 13.1 Å². The fourth-order valence-electron chi connectivity index (χ4n) is 2.43. The quantitative estimate of drug-likeness (QED) is 0.712. The van der Waals surface area contributed by atoms with Crippen molar-refractivity contribution >= 4 is 0 Å². The molecule has 0 bridgehead atoms. The molecule has 19 heavy (non-hydrogen) atoms. The van der Waals surface area contributed by atoms with Crippen molar-refractivity contribution in [1.29, 1.82) is 0 Å². The maximum absolute atomic E-state index is 8.42. The Bertz CT molecular complexity index is 833. The first kappa shape index (κ1) is 7.23. The van der Waals surface area contributed by atoms with Gasteiger partial charge < -0.3 is 0 Å². The highest BCUT2D eigenvalue weighted by Gasteiger charge is 2.21. The van der Waals surface area contributed by atoms with E-state index in [9.17, 15) is 0 Å². The summed E-state index contributed by atoms with van der Waals surface area (Å²) >= 11 is 0. The molecule has 0 aliphatic heterocycles. The lowest BCUT2D eigenvalue weighted by Gasteiger charge is -2.14. The normalized spacial score (nSPS) is 20.9. The highest BCUT2D eigenvalue weighted by Crippen LogP contribution is 2.27. The van der Waals surface area contributed by atoms with Gasteiger partial charge in [0, 0.05) is 33.1 Å². The molecule has 1 unspecified atom stereocenters. The number of hydrogen-bond donors (Lipinski definition) is 0. The monoisotopic (exact) mass is 261 g/mol. The van der Waals surface area contributed by atoms with E-state index in [0.717, 1.165) is 16.7 Å². The molecule has 0 radical (unpaired) electrons. The highest BCUT2D eigenvalue weighted by atomic mass is 14.9. The summed E-state index contributed by atoms with van der Waals surface area (Å²) in [6.45, 7) is -0.213. The first-order chi connectivity index (χ1) is 11.7. The van der Waals surface area contributed by atoms with Crippen molar-refractivity contribution in [2.24, 2.45) is 7.05 Å². The number of aryl methyl sites for hydroxylation is 2. The van der Waals surface area contributed by atoms with Crippen LogP contribution in [-0.2, 0) is 7.05 Å². The molecule has 1 atom stereocenters. The van der Waals surface area contributed by atoms with Gasteiger partial charge in [0.05, 0.1) is 0 Å². The van der Waals surface area contributed by atoms with Crippen molar-refractivity contribution in [2.45, 2.75) is 40.4 Å². The van der Waals surface area contributed by atoms with Gasteiger partial charge in [0.25, 0.3) is 0 Å². The minimum Gasteiger partial charge on any atom is -0.198 e. The second-order valence-electron chi connectivity index (χ2n) is 4.94. The maximum Gasteiger partial charge on any atom is 0.215 e. The van der Waals surface area contributed by atoms with E-state index in [2.05, 4.69) is 0 Å². The standard InChI is InChI=1S/C18H24N/c1-12(2)17-11-14(4)18(19(6)15(17)5)16-10-8-7-9-13(16)3/h7-12H,1-6H3/q+1/i1D3,5D3,12D. The van der Waals surface area contributed by atoms with Gasteiger partial charge in [0.15, 0.2) is 5.69 Å². The van der Waals surface area contributed by atoms with Gasteiger partial charge in [-0.2, -0.15) is 4.57 Å². The van der Waals surface area contributed by atoms with Crippen molar-refractivity contribution in [3.8, 4) is 11.3 Å². The zero-order valence-corrected chi connectivity index (χ0v) is 11.8. The van der Waals surface area contributed by atoms with Crippen molar-refractivity contribution < 1.29 is 14.2 Å². The lowest BCUT2D eigenvalue weighted by Crippen LogP contribution is -2.37. The van der Waals surface area contributed by atoms with Crippen molar-refractivity contribution in [3.05, 3.63) is 52.7 Å². The van der Waals surface area contributed by atoms with Gasteiger partial charge in [-0.1, -0.05) is 32.0 Å². The summed E-state index contributed by atoms with van der Waals surface area (Å²) in [6.07, 6.45) is 0. The molecule has 2 rings (SSSR count). The number of hydrogen-bond acceptors (Lipinski definition) is 0. The van der Waals surface area contributed by atoms with E-state index in [-0.39, 0.29) is 11.3 Å². The van der Waals surface area contributed by atoms with Crippen LogP contribution in [0.25, 0.3) is 11.3 Å². The van der Waals surface area contributed by atoms with Gasteiger partial charge in [-0.3, -0.25) is 0 Å². The number of pyridine rings is 1. The van der Waals surface area contributed by atoms with Gasteiger partial charge in [-0.25, -0.2) is 0 Å². The molecule has 0 saturated carbocycles. The average Bonchev–Trinajstić information content (AvgIpc) is 2.45. The summed E-state index contributed by atoms with van der Waals surface area (Å²) in [5.41, 5.74) is 3.20. The summed E-state index contributed by atoms with van der Waals surface area (Å²) in [6, 6.07) is 9.17. The molecule has 1 heteroatoms. The third kappa shape index (κ3) is 2.42. The average molecular weight is 261 g/mol. The van der Waals surface area contributed by atoms with Crippen molar-refractivity contribution in [2.75, 3.05) is 0 Å². The second-order valence-corrected chi connectivity index (χ2v) is 4.94. The van der Waals surface area contributed by atoms with E-state index in [0.29, 0.717) is 5.69 Å². The molecule has 0 saturated heterocycles. The van der Waals surface area contributed by atoms with E-state index in [1.807, 2.05) is 38.1 Å². The zero-order valence-electron chi connectivity index (χ0n) is 18.8. The third-order valence-corrected chi connectivity index (χ3v) is 3.46. The Morgan fingerprint density at radius 1 is 1.21 bits per heavy atom. The first-order valence-electron chi connectivity index (χ1n) is 9.80. The summed E-state index contributed by atoms with van der Waals surface area (Å²) in [5, 5.41) is 0. The third-order valence-electron chi connectivity index (χ3n) is 3.46. The molecule has 0 aliphatic rings. The van der Waals surface area contributed by atoms with Crippen molar-refractivity contribution in [3.63, 3.8) is 0 Å². The molecular weight excluding hydrogens is 230 g/mol. The maximum atomic E-state index is 8.42. The lowest BCUT2D eigenvalue weighted by atomic mass is 9.95. The molecule has 100 valence electrons. The van der Waals surface area contributed by atoms with E-state index >= 15 is 0 Å². The van der Waals surface area contributed by atoms with Gasteiger partial charge in [-0.15, -0.1) is 0 Å². The molecule has 1 nitrogen and oxygen atoms in total. The molecule has 0 N–H and O–H groups in total. The molecule has 2 aromatic rings. The van der Waals surface area contributed by atoms with Gasteiger partial charge >= 0.3 is 0 Å². The van der Waals surface area contributed by atoms with Gasteiger partial charge in [-0.05, 0) is 37.4 Å². The minimum absolute atomic E-state index is 0.00911. The number of benzene rings is 1. The minimum atomic E-state index is -2.66. The summed E-state index contributed by atoms with van der Waals surface area (Å²) in [7, 11) is 1.62. The number of aromatic nitrogens is 1. The predicted octanol–water partition coefficient (Wildman–Crippen LogP) is 4.23. The van der Waals surface area contributed by atoms with Gasteiger partial charge in [0.2, 0.25) is 5.69 Å². The molecule has 1 aromatic heterocycles. The second kappa shape index (κ2) is 5.16. The molecule has 0 amide bonds. The number of nitrogens with zero attached hydrogens (tertiary/aromatic N) is 1. The molecule has 1 heterocycles. The van der Waals surface area contributed by atoms with Crippen LogP contribution >= 0.6 is 0 Å². The molecule has 0 fully saturated rings. The van der Waals surface area contributed by atoms with E-state index < -0.39 is 19.6 Å². The van der Waals surface area contributed by atoms with Crippen LogP contribution in [0.2, 0.25) is 0 Å². The van der Waals surface area contributed by atoms with Gasteiger partial charge in [0.1, 0.15) is 7.05 Å². The zero-order chi connectivity index (χ0) is 20.1. The Labute approximate surface area is 126 Å². The van der Waals surface area contributed by atoms with E-state index in [1.165, 1.54) is 11.5 Å². The summed E-state index contributed by atoms with van der Waals surface area (Å²) < 4.78 is 57.0. The molecule has 1 aromatic carbocycles. The van der Waals surface area contributed by atoms with Crippen LogP contribution in [0.5, 0.6) is 0 Å². The summed E-state index contributed by atoms with van der Waals surface area (Å²) in [5.74, 6) is -2.04. The van der Waals surface area contributed by atoms with Crippen LogP contribution < -0.4 is 4.57 Å². The molecule has 0 aliphatic carbocycles. The number of rotatable bonds is 2. The highest BCUT2D eigenvalue weighted by molar-refractivity contribution is 5.64. The Kier molecular flexibility index (Phi) is 1.96. The fourth-order valence-corrected chi connectivity index (χ4v) is 2.43. The smallest absolute Gasteiger partial charge is 0.198 e. The predicted molar refractivity (Wildman–Crippen MR) is 81.4 cm³/mol. The Balaban J connectivity index is 2.94. The molecule has 0 spiro atoms. The Hall–Kier alpha value is -1.63. The van der Waals surface area contributed by atoms with Crippen LogP contribution in [0.15, 0.2) is 30.3 Å².